The zero-order valence-electron chi connectivity index (χ0n) is 10.1. The Morgan fingerprint density at radius 3 is 2.67 bits per heavy atom. The van der Waals surface area contributed by atoms with Gasteiger partial charge >= 0.3 is 0 Å². The van der Waals surface area contributed by atoms with Crippen molar-refractivity contribution in [2.45, 2.75) is 13.5 Å². The highest BCUT2D eigenvalue weighted by atomic mass is 32.1. The minimum atomic E-state index is 0.558. The van der Waals surface area contributed by atoms with E-state index < -0.39 is 0 Å². The summed E-state index contributed by atoms with van der Waals surface area (Å²) >= 11 is 5.19. The van der Waals surface area contributed by atoms with E-state index in [4.69, 9.17) is 12.2 Å². The number of thiocarbonyl (C=S) groups is 1. The molecule has 2 heterocycles. The van der Waals surface area contributed by atoms with E-state index in [0.29, 0.717) is 11.7 Å². The number of nitrogens with zero attached hydrogens (tertiary/aromatic N) is 2. The highest BCUT2D eigenvalue weighted by molar-refractivity contribution is 7.80. The van der Waals surface area contributed by atoms with Crippen molar-refractivity contribution >= 4 is 23.1 Å². The van der Waals surface area contributed by atoms with Gasteiger partial charge < -0.3 is 10.6 Å². The molecule has 0 atom stereocenters. The maximum absolute atomic E-state index is 5.19. The molecule has 0 bridgehead atoms. The highest BCUT2D eigenvalue weighted by Gasteiger charge is 1.98. The van der Waals surface area contributed by atoms with E-state index in [0.717, 1.165) is 16.9 Å². The van der Waals surface area contributed by atoms with Crippen LogP contribution in [-0.4, -0.2) is 15.1 Å². The number of pyridine rings is 2. The van der Waals surface area contributed by atoms with Gasteiger partial charge in [0.1, 0.15) is 5.82 Å². The summed E-state index contributed by atoms with van der Waals surface area (Å²) in [5.41, 5.74) is 2.25. The molecule has 4 nitrogen and oxygen atoms in total. The molecule has 0 unspecified atom stereocenters. The van der Waals surface area contributed by atoms with Crippen molar-refractivity contribution in [2.24, 2.45) is 0 Å². The average Bonchev–Trinajstić information content (AvgIpc) is 2.40. The number of aromatic nitrogens is 2. The second-order valence-electron chi connectivity index (χ2n) is 3.88. The van der Waals surface area contributed by atoms with Crippen LogP contribution in [0.3, 0.4) is 0 Å². The number of anilines is 1. The fraction of sp³-hybridized carbons (Fsp3) is 0.154. The first-order valence-corrected chi connectivity index (χ1v) is 6.01. The lowest BCUT2D eigenvalue weighted by molar-refractivity contribution is 0.920. The van der Waals surface area contributed by atoms with Gasteiger partial charge in [0, 0.05) is 25.1 Å². The zero-order chi connectivity index (χ0) is 12.8. The Kier molecular flexibility index (Phi) is 4.20. The summed E-state index contributed by atoms with van der Waals surface area (Å²) < 4.78 is 0. The van der Waals surface area contributed by atoms with E-state index in [1.165, 1.54) is 0 Å². The Labute approximate surface area is 111 Å². The van der Waals surface area contributed by atoms with Gasteiger partial charge in [-0.15, -0.1) is 0 Å². The second-order valence-corrected chi connectivity index (χ2v) is 4.29. The smallest absolute Gasteiger partial charge is 0.172 e. The third kappa shape index (κ3) is 3.78. The molecule has 2 rings (SSSR count). The van der Waals surface area contributed by atoms with E-state index in [2.05, 4.69) is 20.6 Å². The van der Waals surface area contributed by atoms with Gasteiger partial charge in [-0.3, -0.25) is 4.98 Å². The molecule has 18 heavy (non-hydrogen) atoms. The molecule has 0 aliphatic rings. The van der Waals surface area contributed by atoms with Crippen molar-refractivity contribution in [3.05, 3.63) is 54.0 Å². The summed E-state index contributed by atoms with van der Waals surface area (Å²) in [6, 6.07) is 7.77. The van der Waals surface area contributed by atoms with Crippen LogP contribution in [0.15, 0.2) is 42.9 Å². The van der Waals surface area contributed by atoms with Gasteiger partial charge in [0.15, 0.2) is 5.11 Å². The standard InChI is InChI=1S/C13H14N4S/c1-10-2-3-12(15-8-10)17-13(18)16-9-11-4-6-14-7-5-11/h2-8H,9H2,1H3,(H2,15,16,17,18). The molecule has 0 fully saturated rings. The molecule has 5 heteroatoms. The summed E-state index contributed by atoms with van der Waals surface area (Å²) in [7, 11) is 0. The third-order valence-corrected chi connectivity index (χ3v) is 2.60. The van der Waals surface area contributed by atoms with Crippen molar-refractivity contribution in [1.82, 2.24) is 15.3 Å². The van der Waals surface area contributed by atoms with Crippen LogP contribution in [0.5, 0.6) is 0 Å². The van der Waals surface area contributed by atoms with Gasteiger partial charge in [-0.1, -0.05) is 6.07 Å². The first kappa shape index (κ1) is 12.4. The van der Waals surface area contributed by atoms with Crippen LogP contribution in [0, 0.1) is 6.92 Å². The lowest BCUT2D eigenvalue weighted by Gasteiger charge is -2.09. The molecule has 0 radical (unpaired) electrons. The first-order valence-electron chi connectivity index (χ1n) is 5.60. The van der Waals surface area contributed by atoms with Gasteiger partial charge in [0.2, 0.25) is 0 Å². The average molecular weight is 258 g/mol. The molecule has 0 amide bonds. The van der Waals surface area contributed by atoms with Crippen LogP contribution >= 0.6 is 12.2 Å². The Morgan fingerprint density at radius 1 is 1.22 bits per heavy atom. The van der Waals surface area contributed by atoms with E-state index in [-0.39, 0.29) is 0 Å². The molecule has 2 aromatic rings. The second kappa shape index (κ2) is 6.07. The minimum absolute atomic E-state index is 0.558. The van der Waals surface area contributed by atoms with E-state index in [1.54, 1.807) is 18.6 Å². The number of nitrogens with one attached hydrogen (secondary N) is 2. The maximum atomic E-state index is 5.19. The van der Waals surface area contributed by atoms with Gasteiger partial charge in [0.05, 0.1) is 0 Å². The predicted molar refractivity (Wildman–Crippen MR) is 76.3 cm³/mol. The summed E-state index contributed by atoms with van der Waals surface area (Å²) in [6.07, 6.45) is 5.32. The van der Waals surface area contributed by atoms with Gasteiger partial charge in [0.25, 0.3) is 0 Å². The zero-order valence-corrected chi connectivity index (χ0v) is 10.9. The molecular weight excluding hydrogens is 244 g/mol. The Morgan fingerprint density at radius 2 is 2.00 bits per heavy atom. The minimum Gasteiger partial charge on any atom is -0.358 e. The van der Waals surface area contributed by atoms with E-state index >= 15 is 0 Å². The fourth-order valence-corrected chi connectivity index (χ4v) is 1.56. The Hall–Kier alpha value is -2.01. The fourth-order valence-electron chi connectivity index (χ4n) is 1.39. The van der Waals surface area contributed by atoms with Crippen molar-refractivity contribution < 1.29 is 0 Å². The largest absolute Gasteiger partial charge is 0.358 e. The normalized spacial score (nSPS) is 9.83. The quantitative estimate of drug-likeness (QED) is 0.827. The third-order valence-electron chi connectivity index (χ3n) is 2.36. The highest BCUT2D eigenvalue weighted by Crippen LogP contribution is 2.03. The van der Waals surface area contributed by atoms with Gasteiger partial charge in [-0.2, -0.15) is 0 Å². The molecule has 2 aromatic heterocycles. The summed E-state index contributed by atoms with van der Waals surface area (Å²) in [5, 5.41) is 6.71. The molecular formula is C13H14N4S. The molecule has 0 aliphatic heterocycles. The number of hydrogen-bond donors (Lipinski definition) is 2. The van der Waals surface area contributed by atoms with Crippen molar-refractivity contribution in [3.8, 4) is 0 Å². The SMILES string of the molecule is Cc1ccc(NC(=S)NCc2ccncc2)nc1. The monoisotopic (exact) mass is 258 g/mol. The van der Waals surface area contributed by atoms with Gasteiger partial charge in [-0.05, 0) is 48.5 Å². The van der Waals surface area contributed by atoms with Crippen molar-refractivity contribution in [1.29, 1.82) is 0 Å². The maximum Gasteiger partial charge on any atom is 0.172 e. The van der Waals surface area contributed by atoms with Crippen LogP contribution in [0.1, 0.15) is 11.1 Å². The molecule has 0 aliphatic carbocycles. The number of hydrogen-bond acceptors (Lipinski definition) is 3. The Bertz CT molecular complexity index is 510. The van der Waals surface area contributed by atoms with Crippen LogP contribution < -0.4 is 10.6 Å². The van der Waals surface area contributed by atoms with Crippen molar-refractivity contribution in [3.63, 3.8) is 0 Å². The predicted octanol–water partition coefficient (Wildman–Crippen LogP) is 2.27. The topological polar surface area (TPSA) is 49.8 Å². The molecule has 0 saturated heterocycles. The van der Waals surface area contributed by atoms with E-state index in [9.17, 15) is 0 Å². The summed E-state index contributed by atoms with van der Waals surface area (Å²) in [6.45, 7) is 2.66. The van der Waals surface area contributed by atoms with Crippen molar-refractivity contribution in [2.75, 3.05) is 5.32 Å². The summed E-state index contributed by atoms with van der Waals surface area (Å²) in [4.78, 5) is 8.19. The summed E-state index contributed by atoms with van der Waals surface area (Å²) in [5.74, 6) is 0.743. The Balaban J connectivity index is 1.84. The lowest BCUT2D eigenvalue weighted by Crippen LogP contribution is -2.28. The lowest BCUT2D eigenvalue weighted by atomic mass is 10.3. The van der Waals surface area contributed by atoms with E-state index in [1.807, 2.05) is 31.2 Å². The van der Waals surface area contributed by atoms with Crippen LogP contribution in [0.2, 0.25) is 0 Å². The van der Waals surface area contributed by atoms with Crippen LogP contribution in [0.4, 0.5) is 5.82 Å². The molecule has 2 N–H and O–H groups in total. The first-order chi connectivity index (χ1) is 8.74. The molecule has 0 spiro atoms. The van der Waals surface area contributed by atoms with Gasteiger partial charge in [-0.25, -0.2) is 4.98 Å². The molecule has 0 saturated carbocycles. The number of aryl methyl sites for hydroxylation is 1. The van der Waals surface area contributed by atoms with Crippen LogP contribution in [-0.2, 0) is 6.54 Å². The van der Waals surface area contributed by atoms with Crippen LogP contribution in [0.25, 0.3) is 0 Å². The molecule has 92 valence electrons. The molecule has 0 aromatic carbocycles. The number of rotatable bonds is 3.